The number of rotatable bonds is 3. The first-order valence-corrected chi connectivity index (χ1v) is 6.09. The van der Waals surface area contributed by atoms with Crippen molar-refractivity contribution in [3.8, 4) is 0 Å². The lowest BCUT2D eigenvalue weighted by atomic mass is 9.85. The van der Waals surface area contributed by atoms with Gasteiger partial charge in [-0.05, 0) is 19.8 Å². The number of hydrogen-bond acceptors (Lipinski definition) is 4. The van der Waals surface area contributed by atoms with Gasteiger partial charge in [0.1, 0.15) is 6.10 Å². The summed E-state index contributed by atoms with van der Waals surface area (Å²) in [6.45, 7) is 3.41. The van der Waals surface area contributed by atoms with Crippen molar-refractivity contribution >= 4 is 12.0 Å². The summed E-state index contributed by atoms with van der Waals surface area (Å²) in [7, 11) is 0. The summed E-state index contributed by atoms with van der Waals surface area (Å²) in [5.41, 5.74) is 4.73. The minimum atomic E-state index is -1.21. The third kappa shape index (κ3) is 1.93. The molecule has 2 saturated heterocycles. The quantitative estimate of drug-likeness (QED) is 0.604. The number of nitrogens with two attached hydrogens (primary N) is 1. The van der Waals surface area contributed by atoms with Gasteiger partial charge in [-0.3, -0.25) is 9.69 Å². The highest BCUT2D eigenvalue weighted by atomic mass is 16.4. The molecule has 0 aromatic heterocycles. The Morgan fingerprint density at radius 2 is 2.00 bits per heavy atom. The van der Waals surface area contributed by atoms with Gasteiger partial charge in [0, 0.05) is 25.7 Å². The summed E-state index contributed by atoms with van der Waals surface area (Å²) in [5, 5.41) is 18.7. The van der Waals surface area contributed by atoms with Crippen LogP contribution < -0.4 is 5.73 Å². The van der Waals surface area contributed by atoms with Gasteiger partial charge in [0.2, 0.25) is 5.91 Å². The molecule has 0 aliphatic carbocycles. The van der Waals surface area contributed by atoms with Gasteiger partial charge in [0.15, 0.2) is 0 Å². The summed E-state index contributed by atoms with van der Waals surface area (Å²) in [5.74, 6) is -0.745. The van der Waals surface area contributed by atoms with Crippen LogP contribution >= 0.6 is 0 Å². The van der Waals surface area contributed by atoms with Crippen molar-refractivity contribution in [1.29, 1.82) is 0 Å². The first-order valence-electron chi connectivity index (χ1n) is 6.09. The van der Waals surface area contributed by atoms with E-state index in [1.807, 2.05) is 4.90 Å². The molecule has 0 unspecified atom stereocenters. The molecule has 2 amide bonds. The Labute approximate surface area is 105 Å². The Hall–Kier alpha value is -1.34. The summed E-state index contributed by atoms with van der Waals surface area (Å²) in [4.78, 5) is 25.4. The number of carboxylic acid groups (broad SMARTS) is 1. The Morgan fingerprint density at radius 1 is 1.39 bits per heavy atom. The maximum atomic E-state index is 11.1. The maximum Gasteiger partial charge on any atom is 0.407 e. The molecule has 0 bridgehead atoms. The van der Waals surface area contributed by atoms with E-state index >= 15 is 0 Å². The van der Waals surface area contributed by atoms with Gasteiger partial charge in [-0.25, -0.2) is 4.79 Å². The molecule has 2 heterocycles. The van der Waals surface area contributed by atoms with Gasteiger partial charge in [-0.1, -0.05) is 0 Å². The molecule has 7 nitrogen and oxygen atoms in total. The molecule has 0 aromatic rings. The van der Waals surface area contributed by atoms with E-state index in [1.165, 1.54) is 4.90 Å². The van der Waals surface area contributed by atoms with Crippen molar-refractivity contribution in [2.24, 2.45) is 5.73 Å². The summed E-state index contributed by atoms with van der Waals surface area (Å²) in [6.07, 6.45) is -0.389. The van der Waals surface area contributed by atoms with Crippen LogP contribution in [0.15, 0.2) is 0 Å². The fourth-order valence-corrected chi connectivity index (χ4v) is 3.00. The highest BCUT2D eigenvalue weighted by Gasteiger charge is 2.54. The molecule has 2 rings (SSSR count). The zero-order chi connectivity index (χ0) is 13.5. The van der Waals surface area contributed by atoms with E-state index in [-0.39, 0.29) is 11.6 Å². The third-order valence-electron chi connectivity index (χ3n) is 4.15. The fourth-order valence-electron chi connectivity index (χ4n) is 3.00. The van der Waals surface area contributed by atoms with Crippen LogP contribution in [0.5, 0.6) is 0 Å². The van der Waals surface area contributed by atoms with Crippen molar-refractivity contribution < 1.29 is 19.8 Å². The second kappa shape index (κ2) is 4.40. The Kier molecular flexibility index (Phi) is 3.20. The summed E-state index contributed by atoms with van der Waals surface area (Å²) < 4.78 is 0. The first kappa shape index (κ1) is 13.1. The van der Waals surface area contributed by atoms with Gasteiger partial charge in [-0.2, -0.15) is 0 Å². The zero-order valence-corrected chi connectivity index (χ0v) is 10.4. The molecular formula is C11H19N3O4. The standard InChI is InChI=1S/C11H19N3O4/c1-7(8(15)9(12)16)13-5-11(6-13)3-2-4-14(11)10(17)18/h7-8,15H,2-6H2,1H3,(H2,12,16)(H,17,18)/t7-,8+/m0/s1. The third-order valence-corrected chi connectivity index (χ3v) is 4.15. The number of hydrogen-bond donors (Lipinski definition) is 3. The van der Waals surface area contributed by atoms with E-state index in [2.05, 4.69) is 0 Å². The van der Waals surface area contributed by atoms with E-state index in [0.717, 1.165) is 12.8 Å². The smallest absolute Gasteiger partial charge is 0.407 e. The zero-order valence-electron chi connectivity index (χ0n) is 10.4. The minimum Gasteiger partial charge on any atom is -0.465 e. The predicted molar refractivity (Wildman–Crippen MR) is 62.9 cm³/mol. The van der Waals surface area contributed by atoms with Crippen molar-refractivity contribution in [2.45, 2.75) is 37.5 Å². The Morgan fingerprint density at radius 3 is 2.50 bits per heavy atom. The van der Waals surface area contributed by atoms with Crippen LogP contribution in [0.1, 0.15) is 19.8 Å². The predicted octanol–water partition coefficient (Wildman–Crippen LogP) is -0.951. The second-order valence-electron chi connectivity index (χ2n) is 5.25. The van der Waals surface area contributed by atoms with E-state index in [4.69, 9.17) is 10.8 Å². The van der Waals surface area contributed by atoms with E-state index in [9.17, 15) is 14.7 Å². The molecule has 2 aliphatic rings. The molecule has 0 saturated carbocycles. The monoisotopic (exact) mass is 257 g/mol. The summed E-state index contributed by atoms with van der Waals surface area (Å²) >= 11 is 0. The van der Waals surface area contributed by atoms with Crippen LogP contribution in [0.4, 0.5) is 4.79 Å². The lowest BCUT2D eigenvalue weighted by molar-refractivity contribution is -0.133. The van der Waals surface area contributed by atoms with Crippen LogP contribution in [0.3, 0.4) is 0 Å². The molecule has 0 radical (unpaired) electrons. The van der Waals surface area contributed by atoms with Gasteiger partial charge in [0.25, 0.3) is 0 Å². The van der Waals surface area contributed by atoms with E-state index < -0.39 is 18.1 Å². The average Bonchev–Trinajstić information content (AvgIpc) is 2.69. The molecule has 0 aromatic carbocycles. The number of amides is 2. The highest BCUT2D eigenvalue weighted by molar-refractivity contribution is 5.79. The molecule has 2 atom stereocenters. The number of aliphatic hydroxyl groups is 1. The fraction of sp³-hybridized carbons (Fsp3) is 0.818. The lowest BCUT2D eigenvalue weighted by Crippen LogP contribution is -2.71. The normalized spacial score (nSPS) is 25.8. The van der Waals surface area contributed by atoms with Gasteiger partial charge in [0.05, 0.1) is 5.54 Å². The van der Waals surface area contributed by atoms with Gasteiger partial charge >= 0.3 is 6.09 Å². The van der Waals surface area contributed by atoms with Crippen molar-refractivity contribution in [2.75, 3.05) is 19.6 Å². The average molecular weight is 257 g/mol. The van der Waals surface area contributed by atoms with Crippen LogP contribution in [0.2, 0.25) is 0 Å². The molecule has 7 heteroatoms. The number of aliphatic hydroxyl groups excluding tert-OH is 1. The molecule has 2 fully saturated rings. The van der Waals surface area contributed by atoms with E-state index in [0.29, 0.717) is 19.6 Å². The molecular weight excluding hydrogens is 238 g/mol. The number of carbonyl (C=O) groups is 2. The number of primary amides is 1. The molecule has 102 valence electrons. The molecule has 4 N–H and O–H groups in total. The Bertz CT molecular complexity index is 367. The SMILES string of the molecule is C[C@@H]([C@@H](O)C(N)=O)N1CC2(CCCN2C(=O)O)C1. The lowest BCUT2D eigenvalue weighted by Gasteiger charge is -2.54. The second-order valence-corrected chi connectivity index (χ2v) is 5.25. The van der Waals surface area contributed by atoms with Crippen molar-refractivity contribution in [3.05, 3.63) is 0 Å². The van der Waals surface area contributed by atoms with Crippen LogP contribution in [-0.4, -0.2) is 69.3 Å². The van der Waals surface area contributed by atoms with Crippen LogP contribution in [-0.2, 0) is 4.79 Å². The minimum absolute atomic E-state index is 0.322. The highest BCUT2D eigenvalue weighted by Crippen LogP contribution is 2.38. The first-order chi connectivity index (χ1) is 8.37. The number of carbonyl (C=O) groups excluding carboxylic acids is 1. The molecule has 1 spiro atoms. The number of likely N-dealkylation sites (tertiary alicyclic amines) is 2. The van der Waals surface area contributed by atoms with Crippen LogP contribution in [0, 0.1) is 0 Å². The van der Waals surface area contributed by atoms with Crippen molar-refractivity contribution in [1.82, 2.24) is 9.80 Å². The summed E-state index contributed by atoms with van der Waals surface area (Å²) in [6, 6.07) is -0.371. The largest absolute Gasteiger partial charge is 0.465 e. The van der Waals surface area contributed by atoms with Gasteiger partial charge < -0.3 is 20.8 Å². The Balaban J connectivity index is 1.97. The maximum absolute atomic E-state index is 11.1. The van der Waals surface area contributed by atoms with Crippen molar-refractivity contribution in [3.63, 3.8) is 0 Å². The van der Waals surface area contributed by atoms with Crippen LogP contribution in [0.25, 0.3) is 0 Å². The molecule has 2 aliphatic heterocycles. The van der Waals surface area contributed by atoms with Gasteiger partial charge in [-0.15, -0.1) is 0 Å². The topological polar surface area (TPSA) is 107 Å². The number of nitrogens with zero attached hydrogens (tertiary/aromatic N) is 2. The molecule has 18 heavy (non-hydrogen) atoms. The van der Waals surface area contributed by atoms with E-state index in [1.54, 1.807) is 6.92 Å².